The third-order valence-corrected chi connectivity index (χ3v) is 4.53. The van der Waals surface area contributed by atoms with Crippen molar-refractivity contribution in [2.75, 3.05) is 6.54 Å². The molecule has 0 saturated heterocycles. The summed E-state index contributed by atoms with van der Waals surface area (Å²) >= 11 is 0. The fourth-order valence-corrected chi connectivity index (χ4v) is 3.01. The van der Waals surface area contributed by atoms with Crippen LogP contribution in [0.25, 0.3) is 5.57 Å². The summed E-state index contributed by atoms with van der Waals surface area (Å²) in [5.74, 6) is 0.446. The molecular formula is C21H21N3O2. The van der Waals surface area contributed by atoms with Crippen molar-refractivity contribution in [3.63, 3.8) is 0 Å². The van der Waals surface area contributed by atoms with Crippen molar-refractivity contribution in [1.82, 2.24) is 10.3 Å². The van der Waals surface area contributed by atoms with E-state index in [0.717, 1.165) is 12.0 Å². The third-order valence-electron chi connectivity index (χ3n) is 4.53. The number of nitrogens with two attached hydrogens (primary N) is 1. The minimum atomic E-state index is 0.0301. The summed E-state index contributed by atoms with van der Waals surface area (Å²) < 4.78 is 0. The van der Waals surface area contributed by atoms with E-state index in [2.05, 4.69) is 22.4 Å². The molecule has 0 spiro atoms. The van der Waals surface area contributed by atoms with Gasteiger partial charge in [0.05, 0.1) is 12.2 Å². The van der Waals surface area contributed by atoms with Gasteiger partial charge in [0, 0.05) is 24.5 Å². The largest absolute Gasteiger partial charge is 0.404 e. The maximum absolute atomic E-state index is 12.4. The summed E-state index contributed by atoms with van der Waals surface area (Å²) in [6.07, 6.45) is 7.93. The minimum Gasteiger partial charge on any atom is -0.404 e. The number of rotatable bonds is 8. The second-order valence-electron chi connectivity index (χ2n) is 6.25. The van der Waals surface area contributed by atoms with E-state index in [-0.39, 0.29) is 18.2 Å². The topological polar surface area (TPSA) is 85.1 Å². The highest BCUT2D eigenvalue weighted by molar-refractivity contribution is 5.89. The number of nitrogens with one attached hydrogen (secondary N) is 1. The van der Waals surface area contributed by atoms with E-state index >= 15 is 0 Å². The molecule has 5 nitrogen and oxygen atoms in total. The quantitative estimate of drug-likeness (QED) is 0.435. The number of aromatic nitrogens is 1. The smallest absolute Gasteiger partial charge is 0.165 e. The summed E-state index contributed by atoms with van der Waals surface area (Å²) in [4.78, 5) is 27.7. The zero-order chi connectivity index (χ0) is 18.4. The fourth-order valence-electron chi connectivity index (χ4n) is 3.01. The number of nitrogens with zero attached hydrogens (tertiary/aromatic N) is 1. The van der Waals surface area contributed by atoms with Crippen LogP contribution in [0.4, 0.5) is 0 Å². The van der Waals surface area contributed by atoms with Crippen LogP contribution in [-0.4, -0.2) is 23.6 Å². The first-order valence-electron chi connectivity index (χ1n) is 8.53. The van der Waals surface area contributed by atoms with Gasteiger partial charge in [-0.25, -0.2) is 0 Å². The van der Waals surface area contributed by atoms with Gasteiger partial charge in [-0.15, -0.1) is 0 Å². The predicted molar refractivity (Wildman–Crippen MR) is 101 cm³/mol. The number of allylic oxidation sites excluding steroid dienone is 3. The number of aldehydes is 1. The van der Waals surface area contributed by atoms with Crippen LogP contribution >= 0.6 is 0 Å². The molecule has 1 aliphatic rings. The summed E-state index contributed by atoms with van der Waals surface area (Å²) in [7, 11) is 0. The van der Waals surface area contributed by atoms with Gasteiger partial charge >= 0.3 is 0 Å². The molecule has 0 unspecified atom stereocenters. The molecule has 1 fully saturated rings. The highest BCUT2D eigenvalue weighted by Gasteiger charge is 2.43. The van der Waals surface area contributed by atoms with Crippen molar-refractivity contribution < 1.29 is 9.59 Å². The van der Waals surface area contributed by atoms with Crippen LogP contribution in [0.15, 0.2) is 72.8 Å². The zero-order valence-electron chi connectivity index (χ0n) is 14.3. The Bertz CT molecular complexity index is 829. The molecule has 1 aromatic carbocycles. The molecule has 0 aliphatic heterocycles. The Labute approximate surface area is 152 Å². The van der Waals surface area contributed by atoms with E-state index in [1.54, 1.807) is 30.6 Å². The Balaban J connectivity index is 1.59. The first-order chi connectivity index (χ1) is 12.7. The van der Waals surface area contributed by atoms with Crippen molar-refractivity contribution in [3.05, 3.63) is 84.0 Å². The van der Waals surface area contributed by atoms with E-state index in [4.69, 9.17) is 5.73 Å². The monoisotopic (exact) mass is 347 g/mol. The maximum atomic E-state index is 12.4. The average Bonchev–Trinajstić information content (AvgIpc) is 3.50. The Hall–Kier alpha value is -3.21. The highest BCUT2D eigenvalue weighted by atomic mass is 16.1. The molecule has 26 heavy (non-hydrogen) atoms. The van der Waals surface area contributed by atoms with Gasteiger partial charge in [-0.1, -0.05) is 30.3 Å². The zero-order valence-corrected chi connectivity index (χ0v) is 14.3. The normalized spacial score (nSPS) is 19.7. The van der Waals surface area contributed by atoms with E-state index in [1.807, 2.05) is 18.2 Å². The number of ketones is 1. The molecule has 0 radical (unpaired) electrons. The standard InChI is InChI=1S/C21H21N3O2/c22-12-17(15-6-8-23-9-7-15)10-18(14-25)24-13-21(26)20-11-19(20)16-4-2-1-3-5-16/h1-10,12,14,19-20,24H,11,13,22H2/b17-12+,18-10+/t19-,20+/m0/s1. The van der Waals surface area contributed by atoms with Gasteiger partial charge < -0.3 is 11.1 Å². The van der Waals surface area contributed by atoms with E-state index in [1.165, 1.54) is 11.8 Å². The molecule has 3 rings (SSSR count). The Morgan fingerprint density at radius 3 is 2.58 bits per heavy atom. The van der Waals surface area contributed by atoms with E-state index in [0.29, 0.717) is 23.5 Å². The lowest BCUT2D eigenvalue weighted by molar-refractivity contribution is -0.119. The predicted octanol–water partition coefficient (Wildman–Crippen LogP) is 2.43. The number of hydrogen-bond acceptors (Lipinski definition) is 5. The molecule has 1 saturated carbocycles. The van der Waals surface area contributed by atoms with Crippen LogP contribution in [0.3, 0.4) is 0 Å². The number of Topliss-reactive ketones (excluding diaryl/α,β-unsaturated/α-hetero) is 1. The van der Waals surface area contributed by atoms with E-state index < -0.39 is 0 Å². The Kier molecular flexibility index (Phi) is 5.59. The molecule has 1 aliphatic carbocycles. The van der Waals surface area contributed by atoms with Gasteiger partial charge in [-0.05, 0) is 47.2 Å². The first-order valence-corrected chi connectivity index (χ1v) is 8.53. The van der Waals surface area contributed by atoms with Crippen LogP contribution in [0, 0.1) is 5.92 Å². The molecule has 5 heteroatoms. The first kappa shape index (κ1) is 17.6. The highest BCUT2D eigenvalue weighted by Crippen LogP contribution is 2.47. The molecule has 2 atom stereocenters. The fraction of sp³-hybridized carbons (Fsp3) is 0.190. The Morgan fingerprint density at radius 1 is 1.19 bits per heavy atom. The molecule has 0 amide bonds. The molecule has 3 N–H and O–H groups in total. The van der Waals surface area contributed by atoms with Crippen molar-refractivity contribution in [2.24, 2.45) is 11.7 Å². The van der Waals surface area contributed by atoms with Crippen molar-refractivity contribution in [3.8, 4) is 0 Å². The molecule has 0 bridgehead atoms. The van der Waals surface area contributed by atoms with Crippen LogP contribution in [0.2, 0.25) is 0 Å². The van der Waals surface area contributed by atoms with Gasteiger partial charge in [-0.2, -0.15) is 0 Å². The number of pyridine rings is 1. The van der Waals surface area contributed by atoms with Crippen molar-refractivity contribution in [2.45, 2.75) is 12.3 Å². The summed E-state index contributed by atoms with van der Waals surface area (Å²) in [6, 6.07) is 13.6. The number of carbonyl (C=O) groups excluding carboxylic acids is 2. The van der Waals surface area contributed by atoms with Gasteiger partial charge in [0.25, 0.3) is 0 Å². The number of carbonyl (C=O) groups is 2. The molecule has 1 aromatic heterocycles. The van der Waals surface area contributed by atoms with Crippen molar-refractivity contribution >= 4 is 17.6 Å². The Morgan fingerprint density at radius 2 is 1.92 bits per heavy atom. The number of benzene rings is 1. The van der Waals surface area contributed by atoms with Crippen LogP contribution in [-0.2, 0) is 9.59 Å². The van der Waals surface area contributed by atoms with Crippen LogP contribution in [0.1, 0.15) is 23.5 Å². The van der Waals surface area contributed by atoms with Gasteiger partial charge in [-0.3, -0.25) is 14.6 Å². The summed E-state index contributed by atoms with van der Waals surface area (Å²) in [6.45, 7) is 0.132. The number of hydrogen-bond donors (Lipinski definition) is 2. The summed E-state index contributed by atoms with van der Waals surface area (Å²) in [5.41, 5.74) is 8.72. The molecule has 132 valence electrons. The molecular weight excluding hydrogens is 326 g/mol. The third kappa shape index (κ3) is 4.25. The second kappa shape index (κ2) is 8.25. The van der Waals surface area contributed by atoms with Gasteiger partial charge in [0.15, 0.2) is 12.1 Å². The molecule has 1 heterocycles. The average molecular weight is 347 g/mol. The van der Waals surface area contributed by atoms with E-state index in [9.17, 15) is 9.59 Å². The van der Waals surface area contributed by atoms with Crippen LogP contribution < -0.4 is 11.1 Å². The summed E-state index contributed by atoms with van der Waals surface area (Å²) in [5, 5.41) is 2.93. The van der Waals surface area contributed by atoms with Gasteiger partial charge in [0.1, 0.15) is 0 Å². The SMILES string of the molecule is N/C=C(\C=C(/C=O)NCC(=O)[C@@H]1C[C@H]1c1ccccc1)c1ccncc1. The lowest BCUT2D eigenvalue weighted by atomic mass is 10.1. The lowest BCUT2D eigenvalue weighted by Gasteiger charge is -2.07. The second-order valence-corrected chi connectivity index (χ2v) is 6.25. The van der Waals surface area contributed by atoms with Gasteiger partial charge in [0.2, 0.25) is 0 Å². The lowest BCUT2D eigenvalue weighted by Crippen LogP contribution is -2.24. The maximum Gasteiger partial charge on any atom is 0.165 e. The minimum absolute atomic E-state index is 0.0301. The van der Waals surface area contributed by atoms with Crippen molar-refractivity contribution in [1.29, 1.82) is 0 Å². The van der Waals surface area contributed by atoms with Crippen LogP contribution in [0.5, 0.6) is 0 Å². The molecule has 2 aromatic rings.